The summed E-state index contributed by atoms with van der Waals surface area (Å²) in [5, 5.41) is 27.2. The van der Waals surface area contributed by atoms with Gasteiger partial charge in [0.05, 0.1) is 12.6 Å². The molecule has 0 bridgehead atoms. The van der Waals surface area contributed by atoms with E-state index in [0.717, 1.165) is 11.3 Å². The van der Waals surface area contributed by atoms with Gasteiger partial charge in [-0.25, -0.2) is 18.8 Å². The topological polar surface area (TPSA) is 245 Å². The summed E-state index contributed by atoms with van der Waals surface area (Å²) in [7, 11) is -4.95. The zero-order valence-electron chi connectivity index (χ0n) is 17.8. The third-order valence-corrected chi connectivity index (χ3v) is 6.26. The zero-order chi connectivity index (χ0) is 25.4. The van der Waals surface area contributed by atoms with Crippen LogP contribution < -0.4 is 11.1 Å². The molecule has 2 aromatic heterocycles. The van der Waals surface area contributed by atoms with Gasteiger partial charge in [-0.3, -0.25) is 14.1 Å². The van der Waals surface area contributed by atoms with E-state index in [4.69, 9.17) is 10.6 Å². The molecular formula is C15H19N9O8S2. The molecule has 5 N–H and O–H groups in total. The first-order valence-corrected chi connectivity index (χ1v) is 11.5. The minimum Gasteiger partial charge on any atom is -0.478 e. The molecule has 2 atom stereocenters. The van der Waals surface area contributed by atoms with Crippen LogP contribution in [0.25, 0.3) is 0 Å². The Labute approximate surface area is 195 Å². The molecule has 2 amide bonds. The number of nitrogens with two attached hydrogens (primary N) is 1. The van der Waals surface area contributed by atoms with Crippen molar-refractivity contribution in [1.29, 1.82) is 0 Å². The number of aromatic nitrogens is 5. The van der Waals surface area contributed by atoms with E-state index in [2.05, 4.69) is 31.0 Å². The number of nitrogen functional groups attached to an aromatic ring is 1. The first kappa shape index (κ1) is 24.9. The molecule has 0 saturated carbocycles. The van der Waals surface area contributed by atoms with E-state index in [1.807, 2.05) is 0 Å². The van der Waals surface area contributed by atoms with Gasteiger partial charge in [0.15, 0.2) is 10.8 Å². The van der Waals surface area contributed by atoms with Crippen LogP contribution in [-0.4, -0.2) is 88.8 Å². The number of aryl methyl sites for hydroxylation is 1. The SMILES string of the molecule is Cc1nnnn1C[C@@H]1[C@H](NC(=O)/C(=N/OC(C)(C)C(=O)O)c2csc(N)n2)C(=O)N1S(=O)(=O)O. The number of nitrogens with zero attached hydrogens (tertiary/aromatic N) is 7. The molecule has 0 aromatic carbocycles. The molecule has 1 saturated heterocycles. The van der Waals surface area contributed by atoms with E-state index in [-0.39, 0.29) is 27.5 Å². The molecule has 1 aliphatic heterocycles. The lowest BCUT2D eigenvalue weighted by Gasteiger charge is -2.43. The lowest BCUT2D eigenvalue weighted by Crippen LogP contribution is -2.73. The van der Waals surface area contributed by atoms with Gasteiger partial charge in [0, 0.05) is 5.38 Å². The Morgan fingerprint density at radius 2 is 2.09 bits per heavy atom. The van der Waals surface area contributed by atoms with Crippen molar-refractivity contribution in [2.75, 3.05) is 5.73 Å². The standard InChI is InChI=1S/C15H19N9O8S2/c1-6-19-21-22-23(6)4-8-10(12(26)24(8)34(29,30)31)18-11(25)9(7-5-33-14(16)17-7)20-32-15(2,3)13(27)28/h5,8,10H,4H2,1-3H3,(H2,16,17)(H,18,25)(H,27,28)(H,29,30,31)/b20-9+/t8-,10+/m1/s1. The molecule has 0 unspecified atom stereocenters. The fourth-order valence-electron chi connectivity index (χ4n) is 2.75. The van der Waals surface area contributed by atoms with Gasteiger partial charge in [-0.15, -0.1) is 16.4 Å². The van der Waals surface area contributed by atoms with Crippen LogP contribution >= 0.6 is 11.3 Å². The minimum atomic E-state index is -4.95. The number of carboxylic acid groups (broad SMARTS) is 1. The Hall–Kier alpha value is -3.71. The fraction of sp³-hybridized carbons (Fsp3) is 0.467. The molecule has 184 valence electrons. The summed E-state index contributed by atoms with van der Waals surface area (Å²) in [5.41, 5.74) is 3.18. The van der Waals surface area contributed by atoms with Gasteiger partial charge in [0.1, 0.15) is 17.6 Å². The summed E-state index contributed by atoms with van der Waals surface area (Å²) >= 11 is 0.959. The maximum absolute atomic E-state index is 13.0. The Morgan fingerprint density at radius 3 is 2.59 bits per heavy atom. The van der Waals surface area contributed by atoms with Crippen LogP contribution in [0.3, 0.4) is 0 Å². The van der Waals surface area contributed by atoms with Gasteiger partial charge in [-0.2, -0.15) is 8.42 Å². The first-order valence-electron chi connectivity index (χ1n) is 9.27. The van der Waals surface area contributed by atoms with Crippen LogP contribution in [0, 0.1) is 6.92 Å². The lowest BCUT2D eigenvalue weighted by atomic mass is 9.98. The van der Waals surface area contributed by atoms with Gasteiger partial charge in [0.2, 0.25) is 5.60 Å². The van der Waals surface area contributed by atoms with Crippen molar-refractivity contribution in [3.63, 3.8) is 0 Å². The average Bonchev–Trinajstić information content (AvgIpc) is 3.32. The van der Waals surface area contributed by atoms with Crippen molar-refractivity contribution < 1.29 is 37.3 Å². The van der Waals surface area contributed by atoms with Crippen LogP contribution in [-0.2, 0) is 36.1 Å². The summed E-state index contributed by atoms with van der Waals surface area (Å²) in [5.74, 6) is -3.26. The average molecular weight is 518 g/mol. The smallest absolute Gasteiger partial charge is 0.362 e. The molecule has 0 aliphatic carbocycles. The molecule has 3 rings (SSSR count). The number of tetrazole rings is 1. The minimum absolute atomic E-state index is 0.0669. The number of hydrogen-bond acceptors (Lipinski definition) is 13. The van der Waals surface area contributed by atoms with Gasteiger partial charge in [-0.05, 0) is 31.2 Å². The number of nitrogens with one attached hydrogen (secondary N) is 1. The highest BCUT2D eigenvalue weighted by Crippen LogP contribution is 2.25. The summed E-state index contributed by atoms with van der Waals surface area (Å²) in [6, 6.07) is -2.72. The highest BCUT2D eigenvalue weighted by molar-refractivity contribution is 7.84. The Balaban J connectivity index is 1.90. The van der Waals surface area contributed by atoms with Gasteiger partial charge in [-0.1, -0.05) is 5.16 Å². The lowest BCUT2D eigenvalue weighted by molar-refractivity contribution is -0.161. The van der Waals surface area contributed by atoms with E-state index in [0.29, 0.717) is 0 Å². The van der Waals surface area contributed by atoms with Crippen LogP contribution in [0.15, 0.2) is 10.5 Å². The number of carbonyl (C=O) groups is 3. The van der Waals surface area contributed by atoms with E-state index >= 15 is 0 Å². The molecule has 3 heterocycles. The van der Waals surface area contributed by atoms with Gasteiger partial charge >= 0.3 is 16.3 Å². The van der Waals surface area contributed by atoms with Crippen molar-refractivity contribution in [1.82, 2.24) is 34.8 Å². The van der Waals surface area contributed by atoms with Crippen molar-refractivity contribution in [3.05, 3.63) is 16.9 Å². The van der Waals surface area contributed by atoms with Crippen molar-refractivity contribution in [2.45, 2.75) is 45.0 Å². The summed E-state index contributed by atoms with van der Waals surface area (Å²) < 4.78 is 34.1. The fourth-order valence-corrected chi connectivity index (χ4v) is 4.16. The number of carboxylic acids is 1. The summed E-state index contributed by atoms with van der Waals surface area (Å²) in [4.78, 5) is 45.6. The number of rotatable bonds is 9. The number of aliphatic carboxylic acids is 1. The number of oxime groups is 1. The number of thiazole rings is 1. The number of hydrogen-bond donors (Lipinski definition) is 4. The van der Waals surface area contributed by atoms with Crippen molar-refractivity contribution in [2.24, 2.45) is 5.16 Å². The molecular weight excluding hydrogens is 498 g/mol. The van der Waals surface area contributed by atoms with Crippen LogP contribution in [0.2, 0.25) is 0 Å². The third kappa shape index (κ3) is 4.94. The number of β-lactam (4-membered cyclic amide) rings is 1. The second-order valence-electron chi connectivity index (χ2n) is 7.46. The number of anilines is 1. The predicted molar refractivity (Wildman–Crippen MR) is 113 cm³/mol. The molecule has 1 fully saturated rings. The van der Waals surface area contributed by atoms with Crippen molar-refractivity contribution in [3.8, 4) is 0 Å². The second kappa shape index (κ2) is 8.91. The van der Waals surface area contributed by atoms with E-state index in [9.17, 15) is 32.5 Å². The van der Waals surface area contributed by atoms with Crippen LogP contribution in [0.5, 0.6) is 0 Å². The third-order valence-electron chi connectivity index (χ3n) is 4.64. The van der Waals surface area contributed by atoms with E-state index in [1.165, 1.54) is 30.8 Å². The molecule has 1 aliphatic rings. The number of amides is 2. The van der Waals surface area contributed by atoms with Crippen LogP contribution in [0.4, 0.5) is 5.13 Å². The monoisotopic (exact) mass is 517 g/mol. The Kier molecular flexibility index (Phi) is 6.53. The highest BCUT2D eigenvalue weighted by Gasteiger charge is 2.54. The molecule has 19 heteroatoms. The number of carbonyl (C=O) groups excluding carboxylic acids is 2. The summed E-state index contributed by atoms with van der Waals surface area (Å²) in [6.07, 6.45) is 0. The van der Waals surface area contributed by atoms with Crippen LogP contribution in [0.1, 0.15) is 25.4 Å². The Morgan fingerprint density at radius 1 is 1.41 bits per heavy atom. The van der Waals surface area contributed by atoms with E-state index in [1.54, 1.807) is 0 Å². The molecule has 34 heavy (non-hydrogen) atoms. The highest BCUT2D eigenvalue weighted by atomic mass is 32.2. The molecule has 2 aromatic rings. The first-order chi connectivity index (χ1) is 15.7. The Bertz CT molecular complexity index is 1270. The molecule has 17 nitrogen and oxygen atoms in total. The van der Waals surface area contributed by atoms with Gasteiger partial charge < -0.3 is 21.0 Å². The maximum Gasteiger partial charge on any atom is 0.362 e. The zero-order valence-corrected chi connectivity index (χ0v) is 19.4. The van der Waals surface area contributed by atoms with Crippen molar-refractivity contribution >= 4 is 50.3 Å². The van der Waals surface area contributed by atoms with E-state index < -0.39 is 51.5 Å². The normalized spacial score (nSPS) is 19.0. The second-order valence-corrected chi connectivity index (χ2v) is 9.63. The van der Waals surface area contributed by atoms with Gasteiger partial charge in [0.25, 0.3) is 11.8 Å². The quantitative estimate of drug-likeness (QED) is 0.119. The molecule has 0 radical (unpaired) electrons. The maximum atomic E-state index is 13.0. The summed E-state index contributed by atoms with van der Waals surface area (Å²) in [6.45, 7) is 3.61. The largest absolute Gasteiger partial charge is 0.478 e. The predicted octanol–water partition coefficient (Wildman–Crippen LogP) is -2.20. The molecule has 0 spiro atoms.